The molecule has 2 rings (SSSR count). The minimum absolute atomic E-state index is 0. The van der Waals surface area contributed by atoms with Gasteiger partial charge in [-0.1, -0.05) is 11.6 Å². The summed E-state index contributed by atoms with van der Waals surface area (Å²) in [5, 5.41) is 3.53. The van der Waals surface area contributed by atoms with E-state index in [1.54, 1.807) is 6.07 Å². The molecule has 0 radical (unpaired) electrons. The van der Waals surface area contributed by atoms with Crippen LogP contribution in [-0.2, 0) is 4.79 Å². The Kier molecular flexibility index (Phi) is 9.79. The molecule has 1 aromatic carbocycles. The summed E-state index contributed by atoms with van der Waals surface area (Å²) in [6.45, 7) is 2.41. The molecule has 0 aliphatic carbocycles. The lowest BCUT2D eigenvalue weighted by Gasteiger charge is -2.30. The highest BCUT2D eigenvalue weighted by Crippen LogP contribution is 2.31. The number of amides is 1. The summed E-state index contributed by atoms with van der Waals surface area (Å²) >= 11 is 6.02. The fraction of sp³-hybridized carbons (Fsp3) is 0.500. The van der Waals surface area contributed by atoms with Crippen LogP contribution in [0.1, 0.15) is 25.7 Å². The van der Waals surface area contributed by atoms with Gasteiger partial charge < -0.3 is 16.0 Å². The zero-order valence-electron chi connectivity index (χ0n) is 11.8. The molecule has 0 aromatic heterocycles. The molecular weight excluding hydrogens is 333 g/mol. The van der Waals surface area contributed by atoms with Gasteiger partial charge in [0.2, 0.25) is 5.91 Å². The molecule has 0 atom stereocenters. The number of carbonyl (C=O) groups is 1. The summed E-state index contributed by atoms with van der Waals surface area (Å²) in [5.41, 5.74) is 7.23. The number of nitrogens with one attached hydrogen (secondary N) is 1. The lowest BCUT2D eigenvalue weighted by molar-refractivity contribution is -0.116. The molecule has 3 N–H and O–H groups in total. The van der Waals surface area contributed by atoms with Crippen LogP contribution in [0, 0.1) is 0 Å². The second kappa shape index (κ2) is 10.1. The molecule has 21 heavy (non-hydrogen) atoms. The monoisotopic (exact) mass is 353 g/mol. The predicted molar refractivity (Wildman–Crippen MR) is 94.3 cm³/mol. The molecule has 1 aromatic rings. The van der Waals surface area contributed by atoms with Crippen LogP contribution >= 0.6 is 36.4 Å². The molecule has 1 heterocycles. The molecule has 7 heteroatoms. The van der Waals surface area contributed by atoms with E-state index < -0.39 is 0 Å². The van der Waals surface area contributed by atoms with Crippen LogP contribution in [0.5, 0.6) is 0 Å². The van der Waals surface area contributed by atoms with Gasteiger partial charge in [-0.25, -0.2) is 0 Å². The number of benzene rings is 1. The van der Waals surface area contributed by atoms with Crippen molar-refractivity contribution in [2.45, 2.75) is 25.7 Å². The topological polar surface area (TPSA) is 58.4 Å². The van der Waals surface area contributed by atoms with Crippen LogP contribution in [0.25, 0.3) is 0 Å². The zero-order valence-corrected chi connectivity index (χ0v) is 14.2. The second-order valence-corrected chi connectivity index (χ2v) is 5.23. The summed E-state index contributed by atoms with van der Waals surface area (Å²) in [5.74, 6) is -0.0666. The van der Waals surface area contributed by atoms with E-state index in [9.17, 15) is 4.79 Å². The molecule has 0 spiro atoms. The molecular formula is C14H22Cl3N3O. The smallest absolute Gasteiger partial charge is 0.225 e. The molecule has 1 aliphatic rings. The molecule has 4 nitrogen and oxygen atoms in total. The van der Waals surface area contributed by atoms with Crippen molar-refractivity contribution in [3.05, 3.63) is 23.2 Å². The maximum atomic E-state index is 11.7. The van der Waals surface area contributed by atoms with Gasteiger partial charge in [-0.3, -0.25) is 4.79 Å². The molecule has 120 valence electrons. The summed E-state index contributed by atoms with van der Waals surface area (Å²) in [6, 6.07) is 5.65. The van der Waals surface area contributed by atoms with E-state index in [0.29, 0.717) is 18.0 Å². The molecule has 1 saturated heterocycles. The fourth-order valence-electron chi connectivity index (χ4n) is 2.36. The number of anilines is 2. The Morgan fingerprint density at radius 3 is 2.52 bits per heavy atom. The summed E-state index contributed by atoms with van der Waals surface area (Å²) in [7, 11) is 0. The van der Waals surface area contributed by atoms with E-state index in [1.807, 2.05) is 12.1 Å². The van der Waals surface area contributed by atoms with Gasteiger partial charge in [0, 0.05) is 31.1 Å². The Hall–Kier alpha value is -0.680. The van der Waals surface area contributed by atoms with Crippen LogP contribution in [0.2, 0.25) is 5.02 Å². The molecule has 0 saturated carbocycles. The Labute approximate surface area is 143 Å². The number of nitrogens with two attached hydrogens (primary N) is 1. The molecule has 1 amide bonds. The van der Waals surface area contributed by atoms with Crippen LogP contribution in [0.3, 0.4) is 0 Å². The quantitative estimate of drug-likeness (QED) is 0.870. The maximum Gasteiger partial charge on any atom is 0.225 e. The summed E-state index contributed by atoms with van der Waals surface area (Å²) < 4.78 is 0. The number of piperidine rings is 1. The van der Waals surface area contributed by atoms with Crippen molar-refractivity contribution >= 4 is 53.7 Å². The fourth-order valence-corrected chi connectivity index (χ4v) is 2.53. The van der Waals surface area contributed by atoms with Crippen molar-refractivity contribution in [3.8, 4) is 0 Å². The minimum atomic E-state index is -0.0666. The number of nitrogens with zero attached hydrogens (tertiary/aromatic N) is 1. The first-order chi connectivity index (χ1) is 9.20. The van der Waals surface area contributed by atoms with E-state index in [1.165, 1.54) is 19.3 Å². The van der Waals surface area contributed by atoms with E-state index >= 15 is 0 Å². The first kappa shape index (κ1) is 20.3. The SMILES string of the molecule is Cl.Cl.NCCC(=O)Nc1cc(Cl)ccc1N1CCCCC1. The Morgan fingerprint density at radius 1 is 1.24 bits per heavy atom. The largest absolute Gasteiger partial charge is 0.370 e. The average molecular weight is 355 g/mol. The Bertz CT molecular complexity index is 451. The highest BCUT2D eigenvalue weighted by atomic mass is 35.5. The van der Waals surface area contributed by atoms with Crippen molar-refractivity contribution in [2.75, 3.05) is 29.9 Å². The second-order valence-electron chi connectivity index (χ2n) is 4.80. The molecule has 1 aliphatic heterocycles. The van der Waals surface area contributed by atoms with E-state index in [2.05, 4.69) is 10.2 Å². The van der Waals surface area contributed by atoms with Crippen LogP contribution in [0.4, 0.5) is 11.4 Å². The summed E-state index contributed by atoms with van der Waals surface area (Å²) in [4.78, 5) is 14.0. The highest BCUT2D eigenvalue weighted by Gasteiger charge is 2.16. The Balaban J connectivity index is 0.00000200. The van der Waals surface area contributed by atoms with Gasteiger partial charge in [0.25, 0.3) is 0 Å². The number of hydrogen-bond donors (Lipinski definition) is 2. The highest BCUT2D eigenvalue weighted by molar-refractivity contribution is 6.31. The van der Waals surface area contributed by atoms with Crippen LogP contribution < -0.4 is 16.0 Å². The first-order valence-electron chi connectivity index (χ1n) is 6.75. The first-order valence-corrected chi connectivity index (χ1v) is 7.13. The molecule has 0 unspecified atom stereocenters. The average Bonchev–Trinajstić information content (AvgIpc) is 2.40. The maximum absolute atomic E-state index is 11.7. The summed E-state index contributed by atoms with van der Waals surface area (Å²) in [6.07, 6.45) is 3.99. The van der Waals surface area contributed by atoms with Crippen LogP contribution in [-0.4, -0.2) is 25.5 Å². The third-order valence-electron chi connectivity index (χ3n) is 3.30. The van der Waals surface area contributed by atoms with Gasteiger partial charge in [0.05, 0.1) is 11.4 Å². The number of halogens is 3. The number of hydrogen-bond acceptors (Lipinski definition) is 3. The predicted octanol–water partition coefficient (Wildman–Crippen LogP) is 3.46. The van der Waals surface area contributed by atoms with Gasteiger partial charge >= 0.3 is 0 Å². The van der Waals surface area contributed by atoms with Crippen molar-refractivity contribution < 1.29 is 4.79 Å². The van der Waals surface area contributed by atoms with E-state index in [4.69, 9.17) is 17.3 Å². The van der Waals surface area contributed by atoms with Gasteiger partial charge in [0.1, 0.15) is 0 Å². The third-order valence-corrected chi connectivity index (χ3v) is 3.54. The van der Waals surface area contributed by atoms with E-state index in [-0.39, 0.29) is 30.7 Å². The normalized spacial score (nSPS) is 13.9. The van der Waals surface area contributed by atoms with Gasteiger partial charge in [-0.05, 0) is 37.5 Å². The van der Waals surface area contributed by atoms with Gasteiger partial charge in [-0.2, -0.15) is 0 Å². The van der Waals surface area contributed by atoms with Crippen molar-refractivity contribution in [1.82, 2.24) is 0 Å². The third kappa shape index (κ3) is 5.91. The number of rotatable bonds is 4. The zero-order chi connectivity index (χ0) is 13.7. The van der Waals surface area contributed by atoms with Gasteiger partial charge in [-0.15, -0.1) is 24.8 Å². The van der Waals surface area contributed by atoms with Crippen molar-refractivity contribution in [2.24, 2.45) is 5.73 Å². The Morgan fingerprint density at radius 2 is 1.90 bits per heavy atom. The minimum Gasteiger partial charge on any atom is -0.370 e. The lowest BCUT2D eigenvalue weighted by Crippen LogP contribution is -2.30. The molecule has 1 fully saturated rings. The molecule has 0 bridgehead atoms. The van der Waals surface area contributed by atoms with Gasteiger partial charge in [0.15, 0.2) is 0 Å². The standard InChI is InChI=1S/C14H20ClN3O.2ClH/c15-11-4-5-13(18-8-2-1-3-9-18)12(10-11)17-14(19)6-7-16;;/h4-5,10H,1-3,6-9,16H2,(H,17,19);2*1H. The van der Waals surface area contributed by atoms with E-state index in [0.717, 1.165) is 24.5 Å². The lowest BCUT2D eigenvalue weighted by atomic mass is 10.1. The van der Waals surface area contributed by atoms with Crippen molar-refractivity contribution in [1.29, 1.82) is 0 Å². The van der Waals surface area contributed by atoms with Crippen LogP contribution in [0.15, 0.2) is 18.2 Å². The number of carbonyl (C=O) groups excluding carboxylic acids is 1. The van der Waals surface area contributed by atoms with Crippen molar-refractivity contribution in [3.63, 3.8) is 0 Å².